The molecule has 0 bridgehead atoms. The minimum absolute atomic E-state index is 0.252. The van der Waals surface area contributed by atoms with Crippen LogP contribution in [0, 0.1) is 11.8 Å². The summed E-state index contributed by atoms with van der Waals surface area (Å²) in [6.07, 6.45) is -0.260. The number of benzene rings is 2. The fraction of sp³-hybridized carbons (Fsp3) is 0.429. The van der Waals surface area contributed by atoms with Crippen molar-refractivity contribution in [2.45, 2.75) is 40.0 Å². The molecule has 0 aliphatic carbocycles. The molecule has 0 aliphatic rings. The number of hydrogen-bond acceptors (Lipinski definition) is 2. The number of hydrogen-bond donors (Lipinski definition) is 1. The molecular formula is C21H29NO. The van der Waals surface area contributed by atoms with Crippen LogP contribution in [0.5, 0.6) is 0 Å². The standard InChI is InChI=1S/C21H29NO/c1-17(2)21(23)18(3)14-22(15-19-10-6-4-7-11-19)16-20-12-8-5-9-13-20/h4-13,17-18,21,23H,14-16H2,1-3H3/t18-,21-/m1/s1. The third kappa shape index (κ3) is 5.81. The normalized spacial score (nSPS) is 14.2. The SMILES string of the molecule is CC(C)[C@@H](O)[C@H](C)CN(Cc1ccccc1)Cc1ccccc1. The number of rotatable bonds is 8. The number of aliphatic hydroxyl groups is 1. The molecule has 0 radical (unpaired) electrons. The summed E-state index contributed by atoms with van der Waals surface area (Å²) in [6, 6.07) is 21.1. The summed E-state index contributed by atoms with van der Waals surface area (Å²) in [7, 11) is 0. The van der Waals surface area contributed by atoms with Crippen molar-refractivity contribution in [1.82, 2.24) is 4.90 Å². The first-order valence-corrected chi connectivity index (χ1v) is 8.54. The van der Waals surface area contributed by atoms with Crippen LogP contribution >= 0.6 is 0 Å². The molecule has 0 heterocycles. The summed E-state index contributed by atoms with van der Waals surface area (Å²) in [5.41, 5.74) is 2.63. The fourth-order valence-electron chi connectivity index (χ4n) is 3.04. The third-order valence-electron chi connectivity index (χ3n) is 4.31. The quantitative estimate of drug-likeness (QED) is 0.784. The molecule has 0 unspecified atom stereocenters. The minimum Gasteiger partial charge on any atom is -0.393 e. The van der Waals surface area contributed by atoms with Crippen LogP contribution in [-0.2, 0) is 13.1 Å². The van der Waals surface area contributed by atoms with Gasteiger partial charge in [-0.05, 0) is 23.0 Å². The molecule has 2 atom stereocenters. The van der Waals surface area contributed by atoms with E-state index in [2.05, 4.69) is 86.3 Å². The van der Waals surface area contributed by atoms with Crippen LogP contribution in [0.15, 0.2) is 60.7 Å². The molecule has 0 spiro atoms. The average Bonchev–Trinajstić information content (AvgIpc) is 2.55. The highest BCUT2D eigenvalue weighted by atomic mass is 16.3. The maximum atomic E-state index is 10.3. The average molecular weight is 311 g/mol. The molecule has 124 valence electrons. The van der Waals surface area contributed by atoms with Crippen molar-refractivity contribution in [2.75, 3.05) is 6.54 Å². The second-order valence-electron chi connectivity index (χ2n) is 6.85. The topological polar surface area (TPSA) is 23.5 Å². The van der Waals surface area contributed by atoms with E-state index in [0.717, 1.165) is 19.6 Å². The van der Waals surface area contributed by atoms with E-state index in [1.807, 2.05) is 0 Å². The summed E-state index contributed by atoms with van der Waals surface area (Å²) < 4.78 is 0. The molecule has 2 nitrogen and oxygen atoms in total. The van der Waals surface area contributed by atoms with E-state index in [4.69, 9.17) is 0 Å². The van der Waals surface area contributed by atoms with Gasteiger partial charge in [0.15, 0.2) is 0 Å². The highest BCUT2D eigenvalue weighted by molar-refractivity contribution is 5.17. The van der Waals surface area contributed by atoms with Gasteiger partial charge in [-0.3, -0.25) is 4.90 Å². The van der Waals surface area contributed by atoms with Gasteiger partial charge in [0, 0.05) is 19.6 Å². The summed E-state index contributed by atoms with van der Waals surface area (Å²) in [6.45, 7) is 9.02. The van der Waals surface area contributed by atoms with E-state index in [1.54, 1.807) is 0 Å². The van der Waals surface area contributed by atoms with Crippen LogP contribution in [0.1, 0.15) is 31.9 Å². The molecule has 0 fully saturated rings. The van der Waals surface area contributed by atoms with E-state index >= 15 is 0 Å². The van der Waals surface area contributed by atoms with Gasteiger partial charge in [-0.2, -0.15) is 0 Å². The molecule has 1 N–H and O–H groups in total. The summed E-state index contributed by atoms with van der Waals surface area (Å²) in [5.74, 6) is 0.544. The third-order valence-corrected chi connectivity index (χ3v) is 4.31. The lowest BCUT2D eigenvalue weighted by Gasteiger charge is -2.30. The number of nitrogens with zero attached hydrogens (tertiary/aromatic N) is 1. The van der Waals surface area contributed by atoms with Crippen LogP contribution in [0.3, 0.4) is 0 Å². The first-order chi connectivity index (χ1) is 11.1. The minimum atomic E-state index is -0.260. The van der Waals surface area contributed by atoms with E-state index in [9.17, 15) is 5.11 Å². The number of aliphatic hydroxyl groups excluding tert-OH is 1. The van der Waals surface area contributed by atoms with Crippen LogP contribution in [0.25, 0.3) is 0 Å². The van der Waals surface area contributed by atoms with E-state index in [0.29, 0.717) is 5.92 Å². The fourth-order valence-corrected chi connectivity index (χ4v) is 3.04. The van der Waals surface area contributed by atoms with Crippen molar-refractivity contribution in [1.29, 1.82) is 0 Å². The maximum absolute atomic E-state index is 10.3. The molecule has 2 aromatic rings. The second kappa shape index (κ2) is 8.85. The van der Waals surface area contributed by atoms with Crippen LogP contribution < -0.4 is 0 Å². The van der Waals surface area contributed by atoms with Gasteiger partial charge in [-0.25, -0.2) is 0 Å². The summed E-state index contributed by atoms with van der Waals surface area (Å²) >= 11 is 0. The zero-order chi connectivity index (χ0) is 16.7. The van der Waals surface area contributed by atoms with Crippen LogP contribution in [0.4, 0.5) is 0 Å². The molecule has 0 aromatic heterocycles. The Morgan fingerprint density at radius 2 is 1.22 bits per heavy atom. The Morgan fingerprint density at radius 1 is 0.783 bits per heavy atom. The zero-order valence-electron chi connectivity index (χ0n) is 14.5. The first-order valence-electron chi connectivity index (χ1n) is 8.54. The largest absolute Gasteiger partial charge is 0.393 e. The van der Waals surface area contributed by atoms with Gasteiger partial charge in [0.2, 0.25) is 0 Å². The van der Waals surface area contributed by atoms with Gasteiger partial charge in [-0.1, -0.05) is 81.4 Å². The summed E-state index contributed by atoms with van der Waals surface area (Å²) in [5, 5.41) is 10.3. The summed E-state index contributed by atoms with van der Waals surface area (Å²) in [4.78, 5) is 2.43. The van der Waals surface area contributed by atoms with Gasteiger partial charge in [0.25, 0.3) is 0 Å². The van der Waals surface area contributed by atoms with Gasteiger partial charge in [0.1, 0.15) is 0 Å². The molecule has 0 saturated carbocycles. The Balaban J connectivity index is 2.07. The van der Waals surface area contributed by atoms with Crippen LogP contribution in [-0.4, -0.2) is 22.7 Å². The Hall–Kier alpha value is -1.64. The molecule has 0 aliphatic heterocycles. The second-order valence-corrected chi connectivity index (χ2v) is 6.85. The van der Waals surface area contributed by atoms with Crippen molar-refractivity contribution in [3.05, 3.63) is 71.8 Å². The predicted octanol–water partition coefficient (Wildman–Crippen LogP) is 4.34. The van der Waals surface area contributed by atoms with Crippen molar-refractivity contribution in [2.24, 2.45) is 11.8 Å². The van der Waals surface area contributed by atoms with E-state index < -0.39 is 0 Å². The monoisotopic (exact) mass is 311 g/mol. The van der Waals surface area contributed by atoms with E-state index in [1.165, 1.54) is 11.1 Å². The molecular weight excluding hydrogens is 282 g/mol. The first kappa shape index (κ1) is 17.7. The Bertz CT molecular complexity index is 511. The highest BCUT2D eigenvalue weighted by Crippen LogP contribution is 2.17. The highest BCUT2D eigenvalue weighted by Gasteiger charge is 2.20. The molecule has 2 rings (SSSR count). The van der Waals surface area contributed by atoms with Gasteiger partial charge >= 0.3 is 0 Å². The lowest BCUT2D eigenvalue weighted by atomic mass is 9.94. The maximum Gasteiger partial charge on any atom is 0.0600 e. The van der Waals surface area contributed by atoms with Crippen molar-refractivity contribution in [3.8, 4) is 0 Å². The molecule has 0 saturated heterocycles. The molecule has 0 amide bonds. The molecule has 23 heavy (non-hydrogen) atoms. The Morgan fingerprint density at radius 3 is 1.61 bits per heavy atom. The van der Waals surface area contributed by atoms with Crippen molar-refractivity contribution >= 4 is 0 Å². The molecule has 2 aromatic carbocycles. The zero-order valence-corrected chi connectivity index (χ0v) is 14.5. The lowest BCUT2D eigenvalue weighted by Crippen LogP contribution is -2.35. The van der Waals surface area contributed by atoms with Gasteiger partial charge in [-0.15, -0.1) is 0 Å². The Kier molecular flexibility index (Phi) is 6.82. The van der Waals surface area contributed by atoms with Crippen molar-refractivity contribution in [3.63, 3.8) is 0 Å². The van der Waals surface area contributed by atoms with Gasteiger partial charge < -0.3 is 5.11 Å². The lowest BCUT2D eigenvalue weighted by molar-refractivity contribution is 0.0487. The van der Waals surface area contributed by atoms with Crippen molar-refractivity contribution < 1.29 is 5.11 Å². The molecule has 2 heteroatoms. The van der Waals surface area contributed by atoms with Crippen LogP contribution in [0.2, 0.25) is 0 Å². The predicted molar refractivity (Wildman–Crippen MR) is 97.0 cm³/mol. The van der Waals surface area contributed by atoms with Gasteiger partial charge in [0.05, 0.1) is 6.10 Å². The smallest absolute Gasteiger partial charge is 0.0600 e. The van der Waals surface area contributed by atoms with E-state index in [-0.39, 0.29) is 12.0 Å². The Labute approximate surface area is 140 Å².